The Hall–Kier alpha value is -8.72. The molecule has 0 atom stereocenters. The Kier molecular flexibility index (Phi) is 10.9. The molecule has 2 heteroatoms. The first-order valence-corrected chi connectivity index (χ1v) is 26.5. The zero-order valence-electron chi connectivity index (χ0n) is 43.6. The van der Waals surface area contributed by atoms with E-state index in [1.807, 2.05) is 0 Å². The van der Waals surface area contributed by atoms with E-state index < -0.39 is 0 Å². The van der Waals surface area contributed by atoms with Crippen molar-refractivity contribution in [2.45, 2.75) is 57.8 Å². The van der Waals surface area contributed by atoms with Gasteiger partial charge in [0.2, 0.25) is 0 Å². The van der Waals surface area contributed by atoms with Crippen molar-refractivity contribution >= 4 is 58.4 Å². The van der Waals surface area contributed by atoms with Gasteiger partial charge in [-0.1, -0.05) is 224 Å². The fraction of sp³-hybridized carbons (Fsp3) is 0.123. The van der Waals surface area contributed by atoms with Crippen molar-refractivity contribution in [1.82, 2.24) is 0 Å². The first-order valence-electron chi connectivity index (χ1n) is 26.5. The third-order valence-electron chi connectivity index (χ3n) is 16.6. The number of hydrogen-bond donors (Lipinski definition) is 0. The maximum atomic E-state index is 2.44. The van der Waals surface area contributed by atoms with Crippen LogP contribution in [0.4, 0.5) is 34.1 Å². The van der Waals surface area contributed by atoms with Crippen molar-refractivity contribution in [3.63, 3.8) is 0 Å². The van der Waals surface area contributed by atoms with Crippen LogP contribution in [0.3, 0.4) is 0 Å². The van der Waals surface area contributed by atoms with Gasteiger partial charge in [-0.15, -0.1) is 0 Å². The molecule has 0 heterocycles. The molecular weight excluding hydrogens is 905 g/mol. The van der Waals surface area contributed by atoms with Crippen LogP contribution in [0.1, 0.15) is 97.2 Å². The largest absolute Gasteiger partial charge is 0.310 e. The van der Waals surface area contributed by atoms with Gasteiger partial charge in [0.15, 0.2) is 0 Å². The Morgan fingerprint density at radius 1 is 0.227 bits per heavy atom. The van der Waals surface area contributed by atoms with Crippen molar-refractivity contribution in [3.8, 4) is 33.4 Å². The Labute approximate surface area is 443 Å². The summed E-state index contributed by atoms with van der Waals surface area (Å²) in [7, 11) is 0. The highest BCUT2D eigenvalue weighted by Crippen LogP contribution is 2.54. The highest BCUT2D eigenvalue weighted by molar-refractivity contribution is 5.90. The molecule has 0 radical (unpaired) electrons. The summed E-state index contributed by atoms with van der Waals surface area (Å²) in [5, 5.41) is 0. The molecule has 0 saturated heterocycles. The molecular formula is C73H60N2. The average Bonchev–Trinajstić information content (AvgIpc) is 3.96. The molecule has 362 valence electrons. The second kappa shape index (κ2) is 17.7. The second-order valence-electron chi connectivity index (χ2n) is 22.2. The van der Waals surface area contributed by atoms with E-state index in [0.717, 1.165) is 22.7 Å². The molecule has 0 bridgehead atoms. The number of para-hydroxylation sites is 3. The number of benzene rings is 10. The minimum atomic E-state index is -0.183. The summed E-state index contributed by atoms with van der Waals surface area (Å²) in [5.41, 5.74) is 27.4. The van der Waals surface area contributed by atoms with Gasteiger partial charge in [-0.25, -0.2) is 0 Å². The van der Waals surface area contributed by atoms with Crippen LogP contribution < -0.4 is 9.80 Å². The average molecular weight is 965 g/mol. The van der Waals surface area contributed by atoms with Gasteiger partial charge in [-0.05, 0) is 162 Å². The fourth-order valence-corrected chi connectivity index (χ4v) is 12.5. The van der Waals surface area contributed by atoms with Crippen molar-refractivity contribution in [3.05, 3.63) is 286 Å². The van der Waals surface area contributed by atoms with Crippen LogP contribution in [0.15, 0.2) is 231 Å². The van der Waals surface area contributed by atoms with Crippen LogP contribution in [-0.2, 0) is 16.2 Å². The van der Waals surface area contributed by atoms with Crippen LogP contribution >= 0.6 is 0 Å². The SMILES string of the molecule is CC1(C)c2ccccc2-c2ccc(N(c3ccccc3)c3ccc4c(c3)C(C)(C)c3cc(C=Cc5ccc(C=Cc6ccc7c(c6)C(C)(C)c6cc(N(c8ccccc8)c8ccccc8)ccc6-7)cc5)ccc3-4)cc21. The first-order chi connectivity index (χ1) is 36.4. The van der Waals surface area contributed by atoms with E-state index in [2.05, 4.69) is 306 Å². The topological polar surface area (TPSA) is 6.48 Å². The Balaban J connectivity index is 0.721. The fourth-order valence-electron chi connectivity index (χ4n) is 12.5. The van der Waals surface area contributed by atoms with Crippen LogP contribution in [-0.4, -0.2) is 0 Å². The summed E-state index contributed by atoms with van der Waals surface area (Å²) < 4.78 is 0. The molecule has 0 fully saturated rings. The molecule has 10 aromatic carbocycles. The molecule has 0 N–H and O–H groups in total. The second-order valence-corrected chi connectivity index (χ2v) is 22.2. The predicted octanol–water partition coefficient (Wildman–Crippen LogP) is 19.9. The third-order valence-corrected chi connectivity index (χ3v) is 16.6. The third kappa shape index (κ3) is 7.78. The lowest BCUT2D eigenvalue weighted by Crippen LogP contribution is -2.18. The maximum absolute atomic E-state index is 2.44. The van der Waals surface area contributed by atoms with Gasteiger partial charge in [0, 0.05) is 50.4 Å². The lowest BCUT2D eigenvalue weighted by atomic mass is 9.81. The number of rotatable bonds is 10. The van der Waals surface area contributed by atoms with Crippen molar-refractivity contribution < 1.29 is 0 Å². The zero-order chi connectivity index (χ0) is 51.1. The Bertz CT molecular complexity index is 3850. The maximum Gasteiger partial charge on any atom is 0.0465 e. The van der Waals surface area contributed by atoms with Crippen LogP contribution in [0, 0.1) is 0 Å². The highest BCUT2D eigenvalue weighted by atomic mass is 15.1. The Morgan fingerprint density at radius 2 is 0.493 bits per heavy atom. The van der Waals surface area contributed by atoms with Gasteiger partial charge < -0.3 is 9.80 Å². The summed E-state index contributed by atoms with van der Waals surface area (Å²) in [6.45, 7) is 14.2. The van der Waals surface area contributed by atoms with Crippen molar-refractivity contribution in [2.24, 2.45) is 0 Å². The zero-order valence-corrected chi connectivity index (χ0v) is 43.6. The molecule has 3 aliphatic carbocycles. The summed E-state index contributed by atoms with van der Waals surface area (Å²) in [4.78, 5) is 4.79. The van der Waals surface area contributed by atoms with E-state index in [1.165, 1.54) is 100 Å². The molecule has 10 aromatic rings. The summed E-state index contributed by atoms with van der Waals surface area (Å²) >= 11 is 0. The van der Waals surface area contributed by atoms with E-state index in [0.29, 0.717) is 0 Å². The smallest absolute Gasteiger partial charge is 0.0465 e. The predicted molar refractivity (Wildman–Crippen MR) is 319 cm³/mol. The van der Waals surface area contributed by atoms with Gasteiger partial charge >= 0.3 is 0 Å². The first kappa shape index (κ1) is 46.1. The quantitative estimate of drug-likeness (QED) is 0.126. The van der Waals surface area contributed by atoms with Gasteiger partial charge in [0.05, 0.1) is 0 Å². The molecule has 3 aliphatic rings. The molecule has 0 saturated carbocycles. The normalized spacial score (nSPS) is 14.7. The van der Waals surface area contributed by atoms with Crippen molar-refractivity contribution in [2.75, 3.05) is 9.80 Å². The standard InChI is InChI=1S/C73H60N2/c1-71(2)65-25-17-16-24-59(65)62-41-37-57(47-68(62)71)75(55-22-14-9-15-23-55)58-38-43-64-61-40-35-52(45-67(61)73(5,6)70(64)48-58)33-31-50-28-26-49(27-29-50)30-32-51-34-39-60-63-42-36-56(46-69(63)72(3,4)66(60)44-51)74(53-18-10-7-11-19-53)54-20-12-8-13-21-54/h7-48H,1-6H3. The minimum absolute atomic E-state index is 0.0843. The molecule has 2 nitrogen and oxygen atoms in total. The van der Waals surface area contributed by atoms with E-state index in [4.69, 9.17) is 0 Å². The van der Waals surface area contributed by atoms with Gasteiger partial charge in [0.25, 0.3) is 0 Å². The lowest BCUT2D eigenvalue weighted by Gasteiger charge is -2.29. The van der Waals surface area contributed by atoms with Crippen LogP contribution in [0.5, 0.6) is 0 Å². The number of nitrogens with zero attached hydrogens (tertiary/aromatic N) is 2. The van der Waals surface area contributed by atoms with E-state index in [-0.39, 0.29) is 16.2 Å². The summed E-state index contributed by atoms with van der Waals surface area (Å²) in [5.74, 6) is 0. The van der Waals surface area contributed by atoms with Crippen molar-refractivity contribution in [1.29, 1.82) is 0 Å². The molecule has 0 aliphatic heterocycles. The minimum Gasteiger partial charge on any atom is -0.310 e. The summed E-state index contributed by atoms with van der Waals surface area (Å²) in [6, 6.07) is 85.0. The van der Waals surface area contributed by atoms with Crippen LogP contribution in [0.25, 0.3) is 57.7 Å². The van der Waals surface area contributed by atoms with E-state index in [9.17, 15) is 0 Å². The van der Waals surface area contributed by atoms with Gasteiger partial charge in [0.1, 0.15) is 0 Å². The molecule has 75 heavy (non-hydrogen) atoms. The Morgan fingerprint density at radius 3 is 0.880 bits per heavy atom. The molecule has 0 unspecified atom stereocenters. The van der Waals surface area contributed by atoms with Crippen LogP contribution in [0.2, 0.25) is 0 Å². The number of hydrogen-bond acceptors (Lipinski definition) is 2. The van der Waals surface area contributed by atoms with Gasteiger partial charge in [-0.3, -0.25) is 0 Å². The van der Waals surface area contributed by atoms with E-state index in [1.54, 1.807) is 0 Å². The summed E-state index contributed by atoms with van der Waals surface area (Å²) in [6.07, 6.45) is 8.98. The van der Waals surface area contributed by atoms with E-state index >= 15 is 0 Å². The molecule has 0 amide bonds. The molecule has 0 aromatic heterocycles. The molecule has 0 spiro atoms. The number of fused-ring (bicyclic) bond motifs is 9. The molecule has 13 rings (SSSR count). The lowest BCUT2D eigenvalue weighted by molar-refractivity contribution is 0.660. The number of anilines is 6. The van der Waals surface area contributed by atoms with Gasteiger partial charge in [-0.2, -0.15) is 0 Å². The highest BCUT2D eigenvalue weighted by Gasteiger charge is 2.39. The monoisotopic (exact) mass is 964 g/mol.